The largest absolute Gasteiger partial charge is 0.310 e. The quantitative estimate of drug-likeness (QED) is 0.893. The molecule has 2 aromatic rings. The summed E-state index contributed by atoms with van der Waals surface area (Å²) in [4.78, 5) is 8.96. The first kappa shape index (κ1) is 12.4. The molecule has 1 saturated carbocycles. The Balaban J connectivity index is 1.89. The predicted molar refractivity (Wildman–Crippen MR) is 75.3 cm³/mol. The lowest BCUT2D eigenvalue weighted by atomic mass is 10.2. The molecule has 2 aromatic heterocycles. The highest BCUT2D eigenvalue weighted by molar-refractivity contribution is 5.32. The molecule has 4 nitrogen and oxygen atoms in total. The molecule has 0 spiro atoms. The zero-order chi connectivity index (χ0) is 13.2. The van der Waals surface area contributed by atoms with Gasteiger partial charge in [0.05, 0.1) is 0 Å². The van der Waals surface area contributed by atoms with Crippen LogP contribution in [0.4, 0.5) is 0 Å². The minimum atomic E-state index is 0.733. The third-order valence-corrected chi connectivity index (χ3v) is 3.53. The van der Waals surface area contributed by atoms with E-state index in [0.29, 0.717) is 0 Å². The molecular formula is C15H20N4. The lowest BCUT2D eigenvalue weighted by Crippen LogP contribution is -2.16. The second kappa shape index (κ2) is 5.13. The van der Waals surface area contributed by atoms with Crippen LogP contribution in [0.15, 0.2) is 24.5 Å². The van der Waals surface area contributed by atoms with E-state index in [9.17, 15) is 0 Å². The van der Waals surface area contributed by atoms with E-state index in [1.807, 2.05) is 23.9 Å². The van der Waals surface area contributed by atoms with Crippen LogP contribution in [-0.4, -0.2) is 20.6 Å². The molecule has 0 bridgehead atoms. The molecule has 1 fully saturated rings. The van der Waals surface area contributed by atoms with Gasteiger partial charge < -0.3 is 5.32 Å². The number of aromatic nitrogens is 3. The second-order valence-electron chi connectivity index (χ2n) is 5.18. The summed E-state index contributed by atoms with van der Waals surface area (Å²) in [7, 11) is 0. The third-order valence-electron chi connectivity index (χ3n) is 3.53. The van der Waals surface area contributed by atoms with Crippen LogP contribution in [0.1, 0.15) is 36.8 Å². The number of aryl methyl sites for hydroxylation is 2. The van der Waals surface area contributed by atoms with Crippen molar-refractivity contribution >= 4 is 0 Å². The highest BCUT2D eigenvalue weighted by Gasteiger charge is 2.20. The molecule has 0 aliphatic heterocycles. The first-order valence-electron chi connectivity index (χ1n) is 7.00. The van der Waals surface area contributed by atoms with E-state index in [1.54, 1.807) is 0 Å². The molecule has 0 saturated heterocycles. The number of hydrogen-bond donors (Lipinski definition) is 1. The molecular weight excluding hydrogens is 236 g/mol. The van der Waals surface area contributed by atoms with Gasteiger partial charge in [-0.2, -0.15) is 0 Å². The molecule has 100 valence electrons. The first-order chi connectivity index (χ1) is 9.26. The second-order valence-corrected chi connectivity index (χ2v) is 5.18. The van der Waals surface area contributed by atoms with Crippen molar-refractivity contribution in [1.82, 2.24) is 19.9 Å². The average Bonchev–Trinajstić information content (AvgIpc) is 3.16. The van der Waals surface area contributed by atoms with Gasteiger partial charge in [0.1, 0.15) is 11.6 Å². The van der Waals surface area contributed by atoms with E-state index in [2.05, 4.69) is 29.4 Å². The number of nitrogens with zero attached hydrogens (tertiary/aromatic N) is 3. The average molecular weight is 256 g/mol. The van der Waals surface area contributed by atoms with Crippen LogP contribution in [0.3, 0.4) is 0 Å². The molecule has 4 heteroatoms. The van der Waals surface area contributed by atoms with Gasteiger partial charge in [-0.15, -0.1) is 0 Å². The van der Waals surface area contributed by atoms with Gasteiger partial charge in [0, 0.05) is 30.7 Å². The van der Waals surface area contributed by atoms with Crippen molar-refractivity contribution in [3.63, 3.8) is 0 Å². The molecule has 1 N–H and O–H groups in total. The summed E-state index contributed by atoms with van der Waals surface area (Å²) in [6, 6.07) is 5.09. The summed E-state index contributed by atoms with van der Waals surface area (Å²) in [5.41, 5.74) is 2.44. The summed E-state index contributed by atoms with van der Waals surface area (Å²) >= 11 is 0. The van der Waals surface area contributed by atoms with Gasteiger partial charge in [0.25, 0.3) is 0 Å². The summed E-state index contributed by atoms with van der Waals surface area (Å²) in [5.74, 6) is 1.95. The summed E-state index contributed by atoms with van der Waals surface area (Å²) in [6.07, 6.45) is 7.38. The van der Waals surface area contributed by atoms with Gasteiger partial charge in [-0.3, -0.25) is 4.57 Å². The van der Waals surface area contributed by atoms with Gasteiger partial charge in [0.15, 0.2) is 0 Å². The molecule has 1 aliphatic rings. The van der Waals surface area contributed by atoms with E-state index in [0.717, 1.165) is 36.3 Å². The van der Waals surface area contributed by atoms with Crippen molar-refractivity contribution in [3.8, 4) is 5.82 Å². The fourth-order valence-electron chi connectivity index (χ4n) is 2.21. The van der Waals surface area contributed by atoms with Crippen LogP contribution >= 0.6 is 0 Å². The van der Waals surface area contributed by atoms with E-state index in [-0.39, 0.29) is 0 Å². The highest BCUT2D eigenvalue weighted by Crippen LogP contribution is 2.20. The monoisotopic (exact) mass is 256 g/mol. The molecule has 19 heavy (non-hydrogen) atoms. The Morgan fingerprint density at radius 2 is 2.21 bits per heavy atom. The smallest absolute Gasteiger partial charge is 0.138 e. The molecule has 0 amide bonds. The fourth-order valence-corrected chi connectivity index (χ4v) is 2.21. The SMILES string of the molecule is CCc1cc(CNC2CC2)cc(-n2ccnc2C)n1. The predicted octanol–water partition coefficient (Wildman–Crippen LogP) is 2.39. The maximum atomic E-state index is 4.69. The molecule has 0 aromatic carbocycles. The minimum absolute atomic E-state index is 0.733. The zero-order valence-corrected chi connectivity index (χ0v) is 11.6. The molecule has 0 radical (unpaired) electrons. The van der Waals surface area contributed by atoms with E-state index < -0.39 is 0 Å². The van der Waals surface area contributed by atoms with Crippen LogP contribution in [0.2, 0.25) is 0 Å². The Bertz CT molecular complexity index is 569. The summed E-state index contributed by atoms with van der Waals surface area (Å²) in [6.45, 7) is 5.08. The normalized spacial score (nSPS) is 14.8. The van der Waals surface area contributed by atoms with Crippen molar-refractivity contribution in [2.45, 2.75) is 45.7 Å². The lowest BCUT2D eigenvalue weighted by molar-refractivity contribution is 0.685. The number of imidazole rings is 1. The highest BCUT2D eigenvalue weighted by atomic mass is 15.1. The lowest BCUT2D eigenvalue weighted by Gasteiger charge is -2.10. The number of pyridine rings is 1. The number of nitrogens with one attached hydrogen (secondary N) is 1. The van der Waals surface area contributed by atoms with Crippen molar-refractivity contribution in [2.75, 3.05) is 0 Å². The fraction of sp³-hybridized carbons (Fsp3) is 0.467. The maximum absolute atomic E-state index is 4.69. The Morgan fingerprint density at radius 1 is 1.37 bits per heavy atom. The van der Waals surface area contributed by atoms with Crippen molar-refractivity contribution in [1.29, 1.82) is 0 Å². The first-order valence-corrected chi connectivity index (χ1v) is 7.00. The zero-order valence-electron chi connectivity index (χ0n) is 11.6. The van der Waals surface area contributed by atoms with E-state index >= 15 is 0 Å². The Labute approximate surface area is 113 Å². The summed E-state index contributed by atoms with van der Waals surface area (Å²) in [5, 5.41) is 3.56. The minimum Gasteiger partial charge on any atom is -0.310 e. The maximum Gasteiger partial charge on any atom is 0.138 e. The van der Waals surface area contributed by atoms with Crippen LogP contribution in [-0.2, 0) is 13.0 Å². The molecule has 3 rings (SSSR count). The van der Waals surface area contributed by atoms with Crippen LogP contribution in [0.25, 0.3) is 5.82 Å². The number of hydrogen-bond acceptors (Lipinski definition) is 3. The van der Waals surface area contributed by atoms with Crippen molar-refractivity contribution < 1.29 is 0 Å². The van der Waals surface area contributed by atoms with Gasteiger partial charge in [-0.25, -0.2) is 9.97 Å². The van der Waals surface area contributed by atoms with Gasteiger partial charge in [-0.1, -0.05) is 6.92 Å². The van der Waals surface area contributed by atoms with E-state index in [1.165, 1.54) is 18.4 Å². The molecule has 0 unspecified atom stereocenters. The molecule has 2 heterocycles. The Hall–Kier alpha value is -1.68. The van der Waals surface area contributed by atoms with Gasteiger partial charge >= 0.3 is 0 Å². The van der Waals surface area contributed by atoms with E-state index in [4.69, 9.17) is 4.98 Å². The van der Waals surface area contributed by atoms with Gasteiger partial charge in [-0.05, 0) is 43.9 Å². The van der Waals surface area contributed by atoms with Crippen LogP contribution < -0.4 is 5.32 Å². The van der Waals surface area contributed by atoms with Crippen molar-refractivity contribution in [3.05, 3.63) is 41.6 Å². The topological polar surface area (TPSA) is 42.7 Å². The molecule has 1 aliphatic carbocycles. The Kier molecular flexibility index (Phi) is 3.34. The Morgan fingerprint density at radius 3 is 2.84 bits per heavy atom. The third kappa shape index (κ3) is 2.84. The van der Waals surface area contributed by atoms with Gasteiger partial charge in [0.2, 0.25) is 0 Å². The summed E-state index contributed by atoms with van der Waals surface area (Å²) < 4.78 is 2.04. The number of rotatable bonds is 5. The van der Waals surface area contributed by atoms with Crippen molar-refractivity contribution in [2.24, 2.45) is 0 Å². The van der Waals surface area contributed by atoms with Crippen LogP contribution in [0.5, 0.6) is 0 Å². The standard InChI is InChI=1S/C15H20N4/c1-3-13-8-12(10-17-14-4-5-14)9-15(18-13)19-7-6-16-11(19)2/h6-9,14,17H,3-5,10H2,1-2H3. The van der Waals surface area contributed by atoms with Crippen LogP contribution in [0, 0.1) is 6.92 Å². The molecule has 0 atom stereocenters.